The fraction of sp³-hybridized carbons (Fsp3) is 0.632. The summed E-state index contributed by atoms with van der Waals surface area (Å²) in [5.74, 6) is 2.23. The Morgan fingerprint density at radius 1 is 1.41 bits per heavy atom. The summed E-state index contributed by atoms with van der Waals surface area (Å²) in [4.78, 5) is 36.3. The normalized spacial score (nSPS) is 16.0. The van der Waals surface area contributed by atoms with Crippen molar-refractivity contribution in [1.82, 2.24) is 14.9 Å². The summed E-state index contributed by atoms with van der Waals surface area (Å²) in [7, 11) is 0. The average molecular weight is 410 g/mol. The average Bonchev–Trinajstić information content (AvgIpc) is 2.97. The van der Waals surface area contributed by atoms with E-state index in [0.29, 0.717) is 49.6 Å². The molecule has 1 aliphatic heterocycles. The van der Waals surface area contributed by atoms with Gasteiger partial charge in [0.25, 0.3) is 5.56 Å². The summed E-state index contributed by atoms with van der Waals surface area (Å²) in [5, 5.41) is 0.746. The van der Waals surface area contributed by atoms with Crippen LogP contribution in [0.4, 0.5) is 0 Å². The lowest BCUT2D eigenvalue weighted by Gasteiger charge is -2.26. The van der Waals surface area contributed by atoms with Crippen LogP contribution in [0, 0.1) is 12.8 Å². The van der Waals surface area contributed by atoms with Crippen molar-refractivity contribution in [2.45, 2.75) is 39.4 Å². The predicted octanol–water partition coefficient (Wildman–Crippen LogP) is 2.97. The number of H-pyrrole nitrogens is 1. The lowest BCUT2D eigenvalue weighted by molar-refractivity contribution is -0.132. The first kappa shape index (κ1) is 20.4. The van der Waals surface area contributed by atoms with Gasteiger partial charge in [0.1, 0.15) is 10.7 Å². The Hall–Kier alpha value is -1.38. The van der Waals surface area contributed by atoms with E-state index < -0.39 is 0 Å². The molecule has 0 spiro atoms. The van der Waals surface area contributed by atoms with Crippen molar-refractivity contribution < 1.29 is 9.53 Å². The summed E-state index contributed by atoms with van der Waals surface area (Å²) in [6.45, 7) is 8.99. The highest BCUT2D eigenvalue weighted by Gasteiger charge is 2.18. The zero-order chi connectivity index (χ0) is 19.4. The largest absolute Gasteiger partial charge is 0.378 e. The highest BCUT2D eigenvalue weighted by molar-refractivity contribution is 7.99. The minimum absolute atomic E-state index is 0.0576. The van der Waals surface area contributed by atoms with Crippen LogP contribution in [-0.2, 0) is 21.7 Å². The highest BCUT2D eigenvalue weighted by atomic mass is 32.2. The number of carbonyl (C=O) groups excluding carboxylic acids is 1. The summed E-state index contributed by atoms with van der Waals surface area (Å²) in [6, 6.07) is 0. The van der Waals surface area contributed by atoms with Crippen LogP contribution in [0.2, 0.25) is 0 Å². The number of ether oxygens (including phenoxy) is 1. The number of aromatic amines is 1. The van der Waals surface area contributed by atoms with E-state index in [0.717, 1.165) is 28.6 Å². The first-order chi connectivity index (χ1) is 13.0. The Labute approximate surface area is 167 Å². The van der Waals surface area contributed by atoms with Gasteiger partial charge in [-0.05, 0) is 24.8 Å². The van der Waals surface area contributed by atoms with Crippen LogP contribution >= 0.6 is 23.1 Å². The molecule has 0 unspecified atom stereocenters. The third kappa shape index (κ3) is 4.92. The molecule has 1 fully saturated rings. The topological polar surface area (TPSA) is 75.3 Å². The minimum atomic E-state index is -0.0576. The van der Waals surface area contributed by atoms with Gasteiger partial charge < -0.3 is 14.6 Å². The summed E-state index contributed by atoms with van der Waals surface area (Å²) < 4.78 is 5.27. The second-order valence-corrected chi connectivity index (χ2v) is 9.22. The van der Waals surface area contributed by atoms with Crippen LogP contribution in [0.25, 0.3) is 10.2 Å². The Morgan fingerprint density at radius 2 is 2.15 bits per heavy atom. The molecular formula is C19H27N3O3S2. The van der Waals surface area contributed by atoms with Gasteiger partial charge in [-0.3, -0.25) is 9.59 Å². The number of hydrogen-bond donors (Lipinski definition) is 1. The number of morpholine rings is 1. The van der Waals surface area contributed by atoms with Crippen molar-refractivity contribution >= 4 is 39.2 Å². The number of thioether (sulfide) groups is 1. The number of nitrogens with zero attached hydrogens (tertiary/aromatic N) is 2. The van der Waals surface area contributed by atoms with Crippen molar-refractivity contribution in [3.05, 3.63) is 26.6 Å². The molecule has 3 heterocycles. The molecule has 6 nitrogen and oxygen atoms in total. The van der Waals surface area contributed by atoms with E-state index in [1.54, 1.807) is 11.3 Å². The van der Waals surface area contributed by atoms with E-state index in [1.165, 1.54) is 16.6 Å². The van der Waals surface area contributed by atoms with Gasteiger partial charge in [0.2, 0.25) is 5.91 Å². The molecule has 27 heavy (non-hydrogen) atoms. The molecule has 0 saturated carbocycles. The van der Waals surface area contributed by atoms with Gasteiger partial charge in [-0.15, -0.1) is 23.1 Å². The van der Waals surface area contributed by atoms with Crippen molar-refractivity contribution in [2.24, 2.45) is 5.92 Å². The monoisotopic (exact) mass is 409 g/mol. The number of carbonyl (C=O) groups is 1. The quantitative estimate of drug-likeness (QED) is 0.761. The number of aryl methyl sites for hydroxylation is 1. The number of hydrogen-bond acceptors (Lipinski definition) is 6. The number of thiophene rings is 1. The summed E-state index contributed by atoms with van der Waals surface area (Å²) in [6.07, 6.45) is 2.00. The molecule has 8 heteroatoms. The maximum atomic E-state index is 12.7. The lowest BCUT2D eigenvalue weighted by atomic mass is 9.98. The molecular weight excluding hydrogens is 382 g/mol. The van der Waals surface area contributed by atoms with Crippen molar-refractivity contribution in [2.75, 3.05) is 32.1 Å². The number of amides is 1. The Kier molecular flexibility index (Phi) is 6.94. The van der Waals surface area contributed by atoms with Crippen LogP contribution in [-0.4, -0.2) is 52.8 Å². The van der Waals surface area contributed by atoms with Crippen LogP contribution in [0.5, 0.6) is 0 Å². The number of rotatable bonds is 7. The molecule has 148 valence electrons. The first-order valence-electron chi connectivity index (χ1n) is 9.44. The minimum Gasteiger partial charge on any atom is -0.378 e. The molecule has 2 aromatic heterocycles. The standard InChI is InChI=1S/C19H27N3O3S2/c1-4-12(2)9-14-13(3)27-19-17(14)18(24)20-15(21-19)10-26-11-16(23)22-5-7-25-8-6-22/h12H,4-11H2,1-3H3,(H,20,21,24)/t12-/m0/s1. The second kappa shape index (κ2) is 9.21. The van der Waals surface area contributed by atoms with Gasteiger partial charge in [0.05, 0.1) is 30.1 Å². The van der Waals surface area contributed by atoms with Crippen molar-refractivity contribution in [3.8, 4) is 0 Å². The molecule has 1 amide bonds. The van der Waals surface area contributed by atoms with Crippen LogP contribution in [0.3, 0.4) is 0 Å². The van der Waals surface area contributed by atoms with Gasteiger partial charge in [-0.2, -0.15) is 0 Å². The number of nitrogens with one attached hydrogen (secondary N) is 1. The molecule has 0 bridgehead atoms. The van der Waals surface area contributed by atoms with Gasteiger partial charge >= 0.3 is 0 Å². The maximum Gasteiger partial charge on any atom is 0.259 e. The van der Waals surface area contributed by atoms with Crippen molar-refractivity contribution in [1.29, 1.82) is 0 Å². The van der Waals surface area contributed by atoms with E-state index >= 15 is 0 Å². The SMILES string of the molecule is CC[C@H](C)Cc1c(C)sc2nc(CSCC(=O)N3CCOCC3)[nH]c(=O)c12. The van der Waals surface area contributed by atoms with Gasteiger partial charge in [0.15, 0.2) is 0 Å². The van der Waals surface area contributed by atoms with Crippen LogP contribution in [0.15, 0.2) is 4.79 Å². The van der Waals surface area contributed by atoms with E-state index in [9.17, 15) is 9.59 Å². The molecule has 3 rings (SSSR count). The Bertz CT molecular complexity index is 856. The van der Waals surface area contributed by atoms with Crippen LogP contribution in [0.1, 0.15) is 36.5 Å². The molecule has 1 atom stereocenters. The molecule has 1 saturated heterocycles. The third-order valence-corrected chi connectivity index (χ3v) is 6.96. The van der Waals surface area contributed by atoms with E-state index in [1.807, 2.05) is 4.90 Å². The fourth-order valence-electron chi connectivity index (χ4n) is 3.17. The third-order valence-electron chi connectivity index (χ3n) is 4.99. The molecule has 2 aromatic rings. The summed E-state index contributed by atoms with van der Waals surface area (Å²) >= 11 is 3.08. The highest BCUT2D eigenvalue weighted by Crippen LogP contribution is 2.29. The number of aromatic nitrogens is 2. The molecule has 0 aliphatic carbocycles. The zero-order valence-electron chi connectivity index (χ0n) is 16.2. The first-order valence-corrected chi connectivity index (χ1v) is 11.4. The van der Waals surface area contributed by atoms with E-state index in [4.69, 9.17) is 4.74 Å². The molecule has 1 N–H and O–H groups in total. The molecule has 0 aromatic carbocycles. The fourth-order valence-corrected chi connectivity index (χ4v) is 5.03. The smallest absolute Gasteiger partial charge is 0.259 e. The van der Waals surface area contributed by atoms with Crippen molar-refractivity contribution in [3.63, 3.8) is 0 Å². The Morgan fingerprint density at radius 3 is 2.85 bits per heavy atom. The maximum absolute atomic E-state index is 12.7. The van der Waals surface area contributed by atoms with E-state index in [2.05, 4.69) is 30.7 Å². The second-order valence-electron chi connectivity index (χ2n) is 7.03. The van der Waals surface area contributed by atoms with Gasteiger partial charge in [-0.1, -0.05) is 20.3 Å². The lowest BCUT2D eigenvalue weighted by Crippen LogP contribution is -2.41. The number of fused-ring (bicyclic) bond motifs is 1. The van der Waals surface area contributed by atoms with Crippen LogP contribution < -0.4 is 5.56 Å². The predicted molar refractivity (Wildman–Crippen MR) is 112 cm³/mol. The molecule has 0 radical (unpaired) electrons. The molecule has 1 aliphatic rings. The van der Waals surface area contributed by atoms with Gasteiger partial charge in [0, 0.05) is 18.0 Å². The zero-order valence-corrected chi connectivity index (χ0v) is 17.8. The van der Waals surface area contributed by atoms with Gasteiger partial charge in [-0.25, -0.2) is 4.98 Å². The summed E-state index contributed by atoms with van der Waals surface area (Å²) in [5.41, 5.74) is 1.08. The van der Waals surface area contributed by atoms with E-state index in [-0.39, 0.29) is 11.5 Å². The Balaban J connectivity index is 1.67.